The normalized spacial score (nSPS) is 42.0. The van der Waals surface area contributed by atoms with Gasteiger partial charge in [0.25, 0.3) is 0 Å². The van der Waals surface area contributed by atoms with Gasteiger partial charge in [-0.1, -0.05) is 60.3 Å². The smallest absolute Gasteiger partial charge is 0.305 e. The van der Waals surface area contributed by atoms with Gasteiger partial charge in [-0.15, -0.1) is 0 Å². The molecular weight excluding hydrogens is 404 g/mol. The van der Waals surface area contributed by atoms with E-state index in [9.17, 15) is 4.79 Å². The first-order chi connectivity index (χ1) is 15.8. The largest absolute Gasteiger partial charge is 0.465 e. The van der Waals surface area contributed by atoms with Crippen molar-refractivity contribution in [1.82, 2.24) is 0 Å². The first-order valence-electron chi connectivity index (χ1n) is 14.9. The molecule has 4 rings (SSSR count). The van der Waals surface area contributed by atoms with Crippen LogP contribution in [0.2, 0.25) is 0 Å². The van der Waals surface area contributed by atoms with E-state index in [4.69, 9.17) is 4.74 Å². The number of esters is 1. The highest BCUT2D eigenvalue weighted by molar-refractivity contribution is 5.69. The third kappa shape index (κ3) is 5.06. The van der Waals surface area contributed by atoms with E-state index < -0.39 is 0 Å². The van der Waals surface area contributed by atoms with E-state index in [-0.39, 0.29) is 5.97 Å². The van der Waals surface area contributed by atoms with Gasteiger partial charge in [0.05, 0.1) is 6.61 Å². The number of rotatable bonds is 9. The Morgan fingerprint density at radius 3 is 2.48 bits per heavy atom. The Morgan fingerprint density at radius 2 is 1.70 bits per heavy atom. The molecule has 0 heterocycles. The number of carbonyl (C=O) groups excluding carboxylic acids is 1. The summed E-state index contributed by atoms with van der Waals surface area (Å²) in [6, 6.07) is 0. The average Bonchev–Trinajstić information content (AvgIpc) is 3.15. The Bertz CT molecular complexity index is 657. The van der Waals surface area contributed by atoms with Crippen LogP contribution >= 0.6 is 0 Å². The van der Waals surface area contributed by atoms with E-state index in [2.05, 4.69) is 27.7 Å². The van der Waals surface area contributed by atoms with Crippen LogP contribution in [0.4, 0.5) is 0 Å². The third-order valence-corrected chi connectivity index (χ3v) is 11.7. The second-order valence-corrected chi connectivity index (χ2v) is 13.6. The lowest BCUT2D eigenvalue weighted by Gasteiger charge is -2.61. The van der Waals surface area contributed by atoms with Crippen LogP contribution in [0.3, 0.4) is 0 Å². The predicted molar refractivity (Wildman–Crippen MR) is 138 cm³/mol. The van der Waals surface area contributed by atoms with Gasteiger partial charge in [0.1, 0.15) is 0 Å². The SMILES string of the molecule is CCCC(=O)OCC(C)CCC[C@@H](C)[C@H]1CC[C@H]2[C@@H]3CCC4CCCC[C@]4(C)[C@H]3CC[C@]12C. The molecule has 0 spiro atoms. The van der Waals surface area contributed by atoms with Crippen molar-refractivity contribution >= 4 is 5.97 Å². The first kappa shape index (κ1) is 25.6. The van der Waals surface area contributed by atoms with Crippen molar-refractivity contribution < 1.29 is 9.53 Å². The summed E-state index contributed by atoms with van der Waals surface area (Å²) in [5.74, 6) is 6.33. The summed E-state index contributed by atoms with van der Waals surface area (Å²) in [6.45, 7) is 12.9. The molecule has 9 atom stereocenters. The summed E-state index contributed by atoms with van der Waals surface area (Å²) in [4.78, 5) is 11.6. The molecular formula is C31H54O2. The van der Waals surface area contributed by atoms with E-state index in [1.165, 1.54) is 77.0 Å². The van der Waals surface area contributed by atoms with Crippen LogP contribution in [0, 0.1) is 52.3 Å². The van der Waals surface area contributed by atoms with Gasteiger partial charge in [-0.05, 0) is 116 Å². The van der Waals surface area contributed by atoms with Crippen molar-refractivity contribution in [1.29, 1.82) is 0 Å². The monoisotopic (exact) mass is 458 g/mol. The number of ether oxygens (including phenoxy) is 1. The molecule has 4 aliphatic rings. The van der Waals surface area contributed by atoms with Gasteiger partial charge in [0.2, 0.25) is 0 Å². The van der Waals surface area contributed by atoms with E-state index in [0.29, 0.717) is 29.8 Å². The lowest BCUT2D eigenvalue weighted by Crippen LogP contribution is -2.53. The summed E-state index contributed by atoms with van der Waals surface area (Å²) in [5, 5.41) is 0. The molecule has 4 aliphatic carbocycles. The quantitative estimate of drug-likeness (QED) is 0.323. The molecule has 2 nitrogen and oxygen atoms in total. The zero-order valence-electron chi connectivity index (χ0n) is 22.7. The molecule has 0 aliphatic heterocycles. The fraction of sp³-hybridized carbons (Fsp3) is 0.968. The van der Waals surface area contributed by atoms with Gasteiger partial charge in [0, 0.05) is 6.42 Å². The van der Waals surface area contributed by atoms with Crippen LogP contribution in [0.5, 0.6) is 0 Å². The molecule has 2 heteroatoms. The van der Waals surface area contributed by atoms with E-state index in [0.717, 1.165) is 41.9 Å². The van der Waals surface area contributed by atoms with Crippen LogP contribution in [0.15, 0.2) is 0 Å². The fourth-order valence-electron chi connectivity index (χ4n) is 9.85. The molecule has 0 aromatic rings. The second-order valence-electron chi connectivity index (χ2n) is 13.6. The maximum Gasteiger partial charge on any atom is 0.305 e. The molecule has 2 unspecified atom stereocenters. The Kier molecular flexibility index (Phi) is 8.22. The molecule has 0 amide bonds. The minimum Gasteiger partial charge on any atom is -0.465 e. The summed E-state index contributed by atoms with van der Waals surface area (Å²) >= 11 is 0. The number of fused-ring (bicyclic) bond motifs is 5. The Balaban J connectivity index is 1.29. The molecule has 4 fully saturated rings. The van der Waals surface area contributed by atoms with Crippen LogP contribution < -0.4 is 0 Å². The summed E-state index contributed by atoms with van der Waals surface area (Å²) in [5.41, 5.74) is 1.27. The van der Waals surface area contributed by atoms with Crippen molar-refractivity contribution in [3.63, 3.8) is 0 Å². The molecule has 0 aromatic carbocycles. The molecule has 0 bridgehead atoms. The van der Waals surface area contributed by atoms with Gasteiger partial charge >= 0.3 is 5.97 Å². The minimum atomic E-state index is -0.0191. The molecule has 0 aromatic heterocycles. The Hall–Kier alpha value is -0.530. The Labute approximate surface area is 205 Å². The second kappa shape index (κ2) is 10.6. The average molecular weight is 459 g/mol. The molecule has 0 saturated heterocycles. The number of hydrogen-bond acceptors (Lipinski definition) is 2. The van der Waals surface area contributed by atoms with Crippen molar-refractivity contribution in [2.24, 2.45) is 52.3 Å². The highest BCUT2D eigenvalue weighted by atomic mass is 16.5. The van der Waals surface area contributed by atoms with Gasteiger partial charge in [-0.3, -0.25) is 4.79 Å². The first-order valence-corrected chi connectivity index (χ1v) is 14.9. The molecule has 0 radical (unpaired) electrons. The van der Waals surface area contributed by atoms with Gasteiger partial charge in [-0.2, -0.15) is 0 Å². The molecule has 0 N–H and O–H groups in total. The maximum absolute atomic E-state index is 11.6. The number of hydrogen-bond donors (Lipinski definition) is 0. The lowest BCUT2D eigenvalue weighted by molar-refractivity contribution is -0.145. The van der Waals surface area contributed by atoms with Crippen LogP contribution in [-0.2, 0) is 9.53 Å². The van der Waals surface area contributed by atoms with Gasteiger partial charge < -0.3 is 4.74 Å². The van der Waals surface area contributed by atoms with E-state index in [1.54, 1.807) is 6.42 Å². The van der Waals surface area contributed by atoms with Gasteiger partial charge in [0.15, 0.2) is 0 Å². The van der Waals surface area contributed by atoms with Crippen LogP contribution in [0.25, 0.3) is 0 Å². The van der Waals surface area contributed by atoms with Crippen molar-refractivity contribution in [2.75, 3.05) is 6.61 Å². The summed E-state index contributed by atoms with van der Waals surface area (Å²) in [6.07, 6.45) is 20.4. The van der Waals surface area contributed by atoms with Crippen molar-refractivity contribution in [3.8, 4) is 0 Å². The topological polar surface area (TPSA) is 26.3 Å². The summed E-state index contributed by atoms with van der Waals surface area (Å²) in [7, 11) is 0. The van der Waals surface area contributed by atoms with E-state index >= 15 is 0 Å². The predicted octanol–water partition coefficient (Wildman–Crippen LogP) is 8.82. The standard InChI is InChI=1S/C31H54O2/c1-6-10-29(32)33-21-22(2)11-9-12-23(3)26-16-17-27-25-15-14-24-13-7-8-19-30(24,4)28(25)18-20-31(26,27)5/h22-28H,6-21H2,1-5H3/t22?,23-,24?,25+,26-,27+,28+,30+,31-/m1/s1. The van der Waals surface area contributed by atoms with Gasteiger partial charge in [-0.25, -0.2) is 0 Å². The highest BCUT2D eigenvalue weighted by Crippen LogP contribution is 2.68. The lowest BCUT2D eigenvalue weighted by atomic mass is 9.44. The maximum atomic E-state index is 11.6. The summed E-state index contributed by atoms with van der Waals surface area (Å²) < 4.78 is 5.45. The fourth-order valence-corrected chi connectivity index (χ4v) is 9.85. The molecule has 190 valence electrons. The zero-order chi connectivity index (χ0) is 23.6. The molecule has 33 heavy (non-hydrogen) atoms. The zero-order valence-corrected chi connectivity index (χ0v) is 22.7. The number of carbonyl (C=O) groups is 1. The van der Waals surface area contributed by atoms with Crippen LogP contribution in [0.1, 0.15) is 131 Å². The molecule has 4 saturated carbocycles. The Morgan fingerprint density at radius 1 is 0.909 bits per heavy atom. The van der Waals surface area contributed by atoms with Crippen molar-refractivity contribution in [2.45, 2.75) is 131 Å². The third-order valence-electron chi connectivity index (χ3n) is 11.7. The minimum absolute atomic E-state index is 0.0191. The van der Waals surface area contributed by atoms with Crippen LogP contribution in [-0.4, -0.2) is 12.6 Å². The van der Waals surface area contributed by atoms with E-state index in [1.807, 2.05) is 6.92 Å². The van der Waals surface area contributed by atoms with Crippen molar-refractivity contribution in [3.05, 3.63) is 0 Å². The highest BCUT2D eigenvalue weighted by Gasteiger charge is 2.60.